The van der Waals surface area contributed by atoms with Gasteiger partial charge >= 0.3 is 0 Å². The largest absolute Gasteiger partial charge is 0.340 e. The number of halogens is 1. The number of hydrogen-bond acceptors (Lipinski definition) is 2. The van der Waals surface area contributed by atoms with Gasteiger partial charge in [-0.3, -0.25) is 4.79 Å². The summed E-state index contributed by atoms with van der Waals surface area (Å²) in [5.74, 6) is 3.59. The average Bonchev–Trinajstić information content (AvgIpc) is 2.41. The molecule has 0 saturated carbocycles. The third kappa shape index (κ3) is 4.16. The maximum Gasteiger partial charge on any atom is 0.223 e. The van der Waals surface area contributed by atoms with Gasteiger partial charge in [0.1, 0.15) is 0 Å². The fourth-order valence-corrected chi connectivity index (χ4v) is 4.80. The van der Waals surface area contributed by atoms with Crippen LogP contribution < -0.4 is 0 Å². The van der Waals surface area contributed by atoms with E-state index in [4.69, 9.17) is 0 Å². The van der Waals surface area contributed by atoms with Gasteiger partial charge in [-0.15, -0.1) is 0 Å². The van der Waals surface area contributed by atoms with E-state index < -0.39 is 0 Å². The van der Waals surface area contributed by atoms with E-state index in [-0.39, 0.29) is 0 Å². The number of hydrogen-bond donors (Lipinski definition) is 0. The van der Waals surface area contributed by atoms with E-state index in [2.05, 4.69) is 20.8 Å². The summed E-state index contributed by atoms with van der Waals surface area (Å²) >= 11 is 5.56. The summed E-state index contributed by atoms with van der Waals surface area (Å²) in [4.78, 5) is 14.6. The van der Waals surface area contributed by atoms with Gasteiger partial charge < -0.3 is 4.90 Å². The first-order valence-electron chi connectivity index (χ1n) is 7.24. The van der Waals surface area contributed by atoms with Crippen molar-refractivity contribution < 1.29 is 4.79 Å². The zero-order valence-corrected chi connectivity index (χ0v) is 13.5. The average molecular weight is 334 g/mol. The highest BCUT2D eigenvalue weighted by molar-refractivity contribution is 9.09. The number of carbonyl (C=O) groups is 1. The minimum Gasteiger partial charge on any atom is -0.340 e. The van der Waals surface area contributed by atoms with Crippen LogP contribution in [0.15, 0.2) is 0 Å². The number of amides is 1. The van der Waals surface area contributed by atoms with Crippen LogP contribution in [0.3, 0.4) is 0 Å². The second-order valence-corrected chi connectivity index (χ2v) is 7.49. The van der Waals surface area contributed by atoms with Crippen LogP contribution in [0.1, 0.15) is 44.9 Å². The molecule has 2 nitrogen and oxygen atoms in total. The van der Waals surface area contributed by atoms with Crippen molar-refractivity contribution in [3.8, 4) is 0 Å². The summed E-state index contributed by atoms with van der Waals surface area (Å²) in [5, 5.41) is 1.02. The fourth-order valence-electron chi connectivity index (χ4n) is 3.07. The maximum atomic E-state index is 12.5. The molecule has 4 heteroatoms. The van der Waals surface area contributed by atoms with Crippen LogP contribution in [-0.2, 0) is 4.79 Å². The number of nitrogens with zero attached hydrogens (tertiary/aromatic N) is 1. The van der Waals surface area contributed by atoms with Crippen molar-refractivity contribution in [3.63, 3.8) is 0 Å². The number of thioether (sulfide) groups is 1. The van der Waals surface area contributed by atoms with E-state index in [0.717, 1.165) is 24.7 Å². The number of likely N-dealkylation sites (tertiary alicyclic amines) is 1. The topological polar surface area (TPSA) is 20.3 Å². The molecule has 0 bridgehead atoms. The van der Waals surface area contributed by atoms with Crippen molar-refractivity contribution in [2.24, 2.45) is 5.92 Å². The summed E-state index contributed by atoms with van der Waals surface area (Å²) in [6, 6.07) is 0.503. The minimum atomic E-state index is 0.428. The highest BCUT2D eigenvalue weighted by Gasteiger charge is 2.28. The first-order valence-corrected chi connectivity index (χ1v) is 9.52. The molecule has 2 rings (SSSR count). The van der Waals surface area contributed by atoms with Crippen molar-refractivity contribution in [3.05, 3.63) is 0 Å². The van der Waals surface area contributed by atoms with Crippen molar-refractivity contribution in [1.29, 1.82) is 0 Å². The molecule has 1 unspecified atom stereocenters. The van der Waals surface area contributed by atoms with E-state index in [1.165, 1.54) is 43.6 Å². The number of piperidine rings is 1. The van der Waals surface area contributed by atoms with Crippen molar-refractivity contribution in [2.75, 3.05) is 23.4 Å². The molecule has 0 N–H and O–H groups in total. The van der Waals surface area contributed by atoms with Gasteiger partial charge in [-0.05, 0) is 55.9 Å². The van der Waals surface area contributed by atoms with Crippen molar-refractivity contribution in [2.45, 2.75) is 51.0 Å². The minimum absolute atomic E-state index is 0.428. The van der Waals surface area contributed by atoms with Crippen molar-refractivity contribution in [1.82, 2.24) is 4.90 Å². The van der Waals surface area contributed by atoms with Gasteiger partial charge in [-0.25, -0.2) is 0 Å². The summed E-state index contributed by atoms with van der Waals surface area (Å²) in [7, 11) is 0. The Balaban J connectivity index is 1.84. The number of rotatable bonds is 4. The van der Waals surface area contributed by atoms with E-state index in [1.54, 1.807) is 0 Å². The molecule has 0 aromatic carbocycles. The van der Waals surface area contributed by atoms with Crippen LogP contribution in [0.4, 0.5) is 0 Å². The van der Waals surface area contributed by atoms with E-state index in [1.807, 2.05) is 11.8 Å². The maximum absolute atomic E-state index is 12.5. The van der Waals surface area contributed by atoms with Gasteiger partial charge in [0, 0.05) is 24.3 Å². The van der Waals surface area contributed by atoms with Gasteiger partial charge in [0.2, 0.25) is 5.91 Å². The molecule has 2 aliphatic rings. The van der Waals surface area contributed by atoms with Crippen LogP contribution in [0.2, 0.25) is 0 Å². The normalized spacial score (nSPS) is 26.3. The molecule has 2 aliphatic heterocycles. The Morgan fingerprint density at radius 3 is 2.72 bits per heavy atom. The highest BCUT2D eigenvalue weighted by atomic mass is 79.9. The van der Waals surface area contributed by atoms with Gasteiger partial charge in [-0.1, -0.05) is 15.9 Å². The van der Waals surface area contributed by atoms with E-state index in [9.17, 15) is 4.79 Å². The molecule has 18 heavy (non-hydrogen) atoms. The molecule has 1 amide bonds. The number of alkyl halides is 1. The summed E-state index contributed by atoms with van der Waals surface area (Å²) in [5.41, 5.74) is 0. The molecule has 0 aliphatic carbocycles. The molecular weight excluding hydrogens is 310 g/mol. The predicted molar refractivity (Wildman–Crippen MR) is 82.4 cm³/mol. The lowest BCUT2D eigenvalue weighted by molar-refractivity contribution is -0.136. The molecule has 0 spiro atoms. The lowest BCUT2D eigenvalue weighted by Gasteiger charge is -2.37. The summed E-state index contributed by atoms with van der Waals surface area (Å²) in [6.07, 6.45) is 8.11. The van der Waals surface area contributed by atoms with E-state index >= 15 is 0 Å². The van der Waals surface area contributed by atoms with E-state index in [0.29, 0.717) is 17.9 Å². The standard InChI is InChI=1S/C14H24BrNOS/c15-7-4-13-3-1-2-8-16(13)14(17)11-12-5-9-18-10-6-12/h12-13H,1-11H2. The monoisotopic (exact) mass is 333 g/mol. The smallest absolute Gasteiger partial charge is 0.223 e. The molecular formula is C14H24BrNOS. The first kappa shape index (κ1) is 14.7. The third-order valence-corrected chi connectivity index (χ3v) is 5.70. The van der Waals surface area contributed by atoms with Gasteiger partial charge in [0.05, 0.1) is 0 Å². The SMILES string of the molecule is O=C(CC1CCSCC1)N1CCCCC1CCBr. The Labute approximate surface area is 123 Å². The lowest BCUT2D eigenvalue weighted by atomic mass is 9.95. The molecule has 2 fully saturated rings. The molecule has 2 heterocycles. The molecule has 1 atom stereocenters. The summed E-state index contributed by atoms with van der Waals surface area (Å²) < 4.78 is 0. The van der Waals surface area contributed by atoms with Crippen LogP contribution in [0.5, 0.6) is 0 Å². The Morgan fingerprint density at radius 2 is 2.00 bits per heavy atom. The van der Waals surface area contributed by atoms with Crippen LogP contribution in [0, 0.1) is 5.92 Å². The highest BCUT2D eigenvalue weighted by Crippen LogP contribution is 2.28. The molecule has 0 aromatic rings. The molecule has 0 aromatic heterocycles. The second-order valence-electron chi connectivity index (χ2n) is 5.47. The lowest BCUT2D eigenvalue weighted by Crippen LogP contribution is -2.44. The Bertz CT molecular complexity index is 267. The third-order valence-electron chi connectivity index (χ3n) is 4.19. The van der Waals surface area contributed by atoms with Gasteiger partial charge in [0.25, 0.3) is 0 Å². The zero-order chi connectivity index (χ0) is 12.8. The Morgan fingerprint density at radius 1 is 1.22 bits per heavy atom. The second kappa shape index (κ2) is 7.78. The zero-order valence-electron chi connectivity index (χ0n) is 11.1. The van der Waals surface area contributed by atoms with Gasteiger partial charge in [0.15, 0.2) is 0 Å². The van der Waals surface area contributed by atoms with Crippen LogP contribution in [0.25, 0.3) is 0 Å². The Kier molecular flexibility index (Phi) is 6.36. The van der Waals surface area contributed by atoms with Crippen molar-refractivity contribution >= 4 is 33.6 Å². The molecule has 104 valence electrons. The quantitative estimate of drug-likeness (QED) is 0.731. The van der Waals surface area contributed by atoms with Gasteiger partial charge in [-0.2, -0.15) is 11.8 Å². The fraction of sp³-hybridized carbons (Fsp3) is 0.929. The predicted octanol–water partition coefficient (Wildman–Crippen LogP) is 3.69. The molecule has 0 radical (unpaired) electrons. The van der Waals surface area contributed by atoms with Crippen LogP contribution >= 0.6 is 27.7 Å². The molecule has 2 saturated heterocycles. The Hall–Kier alpha value is 0.300. The number of carbonyl (C=O) groups excluding carboxylic acids is 1. The first-order chi connectivity index (χ1) is 8.81. The summed E-state index contributed by atoms with van der Waals surface area (Å²) in [6.45, 7) is 0.998. The van der Waals surface area contributed by atoms with Crippen LogP contribution in [-0.4, -0.2) is 40.2 Å².